The first kappa shape index (κ1) is 24.6. The van der Waals surface area contributed by atoms with Gasteiger partial charge in [0.15, 0.2) is 0 Å². The van der Waals surface area contributed by atoms with E-state index in [1.807, 2.05) is 54.6 Å². The van der Waals surface area contributed by atoms with Gasteiger partial charge in [-0.3, -0.25) is 4.79 Å². The fraction of sp³-hybridized carbons (Fsp3) is 0.139. The molecule has 1 saturated heterocycles. The summed E-state index contributed by atoms with van der Waals surface area (Å²) in [5.41, 5.74) is 8.20. The standard InChI is InChI=1S/C36H29N5O/c42-36(27-17-19-28(20-18-27)39-21-9-10-22-39)32-23-30-29-15-7-8-16-31(29)40(24-25-11-3-1-4-12-25)34(30)35-33(37-38-41(32)35)26-13-5-2-6-14-26/h1-8,11-20,23H,9-10,21-22,24H2. The molecule has 4 heterocycles. The Kier molecular flexibility index (Phi) is 5.85. The Bertz CT molecular complexity index is 2070. The van der Waals surface area contributed by atoms with E-state index in [0.717, 1.165) is 51.7 Å². The summed E-state index contributed by atoms with van der Waals surface area (Å²) in [7, 11) is 0. The zero-order valence-corrected chi connectivity index (χ0v) is 23.1. The number of anilines is 1. The largest absolute Gasteiger partial charge is 0.372 e. The lowest BCUT2D eigenvalue weighted by Gasteiger charge is -2.17. The number of rotatable bonds is 6. The minimum absolute atomic E-state index is 0.0701. The molecule has 6 heteroatoms. The number of ketones is 1. The third-order valence-electron chi connectivity index (χ3n) is 8.48. The molecule has 0 unspecified atom stereocenters. The number of pyridine rings is 1. The second kappa shape index (κ2) is 10.00. The number of benzene rings is 4. The van der Waals surface area contributed by atoms with Crippen LogP contribution < -0.4 is 4.90 Å². The van der Waals surface area contributed by atoms with Crippen molar-refractivity contribution in [3.05, 3.63) is 132 Å². The lowest BCUT2D eigenvalue weighted by Crippen LogP contribution is -2.17. The Morgan fingerprint density at radius 1 is 0.714 bits per heavy atom. The molecule has 0 atom stereocenters. The molecule has 0 saturated carbocycles. The Hall–Kier alpha value is -5.23. The maximum atomic E-state index is 14.2. The number of aromatic nitrogens is 4. The van der Waals surface area contributed by atoms with Crippen LogP contribution in [0.4, 0.5) is 5.69 Å². The molecule has 7 aromatic rings. The molecule has 42 heavy (non-hydrogen) atoms. The van der Waals surface area contributed by atoms with Gasteiger partial charge < -0.3 is 9.47 Å². The quantitative estimate of drug-likeness (QED) is 0.204. The molecule has 0 aliphatic carbocycles. The van der Waals surface area contributed by atoms with Crippen LogP contribution in [0.5, 0.6) is 0 Å². The van der Waals surface area contributed by atoms with Gasteiger partial charge in [0.25, 0.3) is 0 Å². The molecule has 0 bridgehead atoms. The van der Waals surface area contributed by atoms with Crippen molar-refractivity contribution >= 4 is 38.8 Å². The molecule has 0 spiro atoms. The summed E-state index contributed by atoms with van der Waals surface area (Å²) in [5, 5.41) is 11.4. The van der Waals surface area contributed by atoms with Crippen LogP contribution in [0.2, 0.25) is 0 Å². The van der Waals surface area contributed by atoms with Gasteiger partial charge in [0.2, 0.25) is 5.78 Å². The van der Waals surface area contributed by atoms with E-state index in [2.05, 4.69) is 80.4 Å². The lowest BCUT2D eigenvalue weighted by atomic mass is 10.0. The van der Waals surface area contributed by atoms with Gasteiger partial charge in [0.1, 0.15) is 16.9 Å². The molecule has 0 radical (unpaired) electrons. The van der Waals surface area contributed by atoms with Crippen molar-refractivity contribution in [3.63, 3.8) is 0 Å². The monoisotopic (exact) mass is 547 g/mol. The summed E-state index contributed by atoms with van der Waals surface area (Å²) in [6, 6.07) is 39.0. The van der Waals surface area contributed by atoms with Crippen molar-refractivity contribution < 1.29 is 4.79 Å². The highest BCUT2D eigenvalue weighted by Crippen LogP contribution is 2.37. The van der Waals surface area contributed by atoms with Crippen molar-refractivity contribution in [3.8, 4) is 11.3 Å². The number of nitrogens with zero attached hydrogens (tertiary/aromatic N) is 5. The summed E-state index contributed by atoms with van der Waals surface area (Å²) in [6.07, 6.45) is 2.43. The molecular formula is C36H29N5O. The molecule has 3 aromatic heterocycles. The molecule has 1 fully saturated rings. The van der Waals surface area contributed by atoms with Crippen LogP contribution in [-0.4, -0.2) is 38.3 Å². The number of carbonyl (C=O) groups is 1. The predicted molar refractivity (Wildman–Crippen MR) is 168 cm³/mol. The van der Waals surface area contributed by atoms with Crippen molar-refractivity contribution in [2.24, 2.45) is 0 Å². The first-order valence-corrected chi connectivity index (χ1v) is 14.5. The first-order chi connectivity index (χ1) is 20.8. The molecule has 1 aliphatic heterocycles. The van der Waals surface area contributed by atoms with Crippen molar-refractivity contribution in [1.29, 1.82) is 0 Å². The molecular weight excluding hydrogens is 518 g/mol. The number of carbonyl (C=O) groups excluding carboxylic acids is 1. The van der Waals surface area contributed by atoms with E-state index in [0.29, 0.717) is 17.8 Å². The molecule has 4 aromatic carbocycles. The van der Waals surface area contributed by atoms with Crippen molar-refractivity contribution in [2.45, 2.75) is 19.4 Å². The van der Waals surface area contributed by atoms with Gasteiger partial charge in [-0.15, -0.1) is 5.10 Å². The molecule has 6 nitrogen and oxygen atoms in total. The minimum Gasteiger partial charge on any atom is -0.372 e. The SMILES string of the molecule is O=C(c1ccc(N2CCCC2)cc1)c1cc2c3ccccc3n(Cc3ccccc3)c2c2c(-c3ccccc3)nnn12. The Balaban J connectivity index is 1.38. The van der Waals surface area contributed by atoms with E-state index in [-0.39, 0.29) is 5.78 Å². The Morgan fingerprint density at radius 2 is 1.40 bits per heavy atom. The Labute approximate surface area is 243 Å². The topological polar surface area (TPSA) is 55.4 Å². The molecule has 8 rings (SSSR count). The maximum Gasteiger partial charge on any atom is 0.211 e. The third-order valence-corrected chi connectivity index (χ3v) is 8.48. The second-order valence-corrected chi connectivity index (χ2v) is 11.0. The van der Waals surface area contributed by atoms with E-state index in [1.165, 1.54) is 24.1 Å². The van der Waals surface area contributed by atoms with Crippen LogP contribution in [0.25, 0.3) is 38.6 Å². The highest BCUT2D eigenvalue weighted by Gasteiger charge is 2.25. The van der Waals surface area contributed by atoms with E-state index in [4.69, 9.17) is 0 Å². The average molecular weight is 548 g/mol. The maximum absolute atomic E-state index is 14.2. The summed E-state index contributed by atoms with van der Waals surface area (Å²) in [6.45, 7) is 2.82. The average Bonchev–Trinajstić information content (AvgIpc) is 3.81. The normalized spacial score (nSPS) is 13.5. The minimum atomic E-state index is -0.0701. The number of hydrogen-bond donors (Lipinski definition) is 0. The van der Waals surface area contributed by atoms with Gasteiger partial charge in [0.05, 0.1) is 5.52 Å². The Morgan fingerprint density at radius 3 is 2.17 bits per heavy atom. The fourth-order valence-electron chi connectivity index (χ4n) is 6.42. The second-order valence-electron chi connectivity index (χ2n) is 11.0. The van der Waals surface area contributed by atoms with Crippen LogP contribution in [0.3, 0.4) is 0 Å². The van der Waals surface area contributed by atoms with Gasteiger partial charge >= 0.3 is 0 Å². The van der Waals surface area contributed by atoms with Crippen molar-refractivity contribution in [1.82, 2.24) is 19.4 Å². The highest BCUT2D eigenvalue weighted by atomic mass is 16.1. The number of hydrogen-bond acceptors (Lipinski definition) is 4. The third kappa shape index (κ3) is 3.98. The summed E-state index contributed by atoms with van der Waals surface area (Å²) in [4.78, 5) is 16.6. The van der Waals surface area contributed by atoms with E-state index >= 15 is 0 Å². The number of para-hydroxylation sites is 1. The van der Waals surface area contributed by atoms with Gasteiger partial charge in [-0.25, -0.2) is 4.52 Å². The van der Waals surface area contributed by atoms with Crippen LogP contribution in [0.1, 0.15) is 34.5 Å². The summed E-state index contributed by atoms with van der Waals surface area (Å²) in [5.74, 6) is -0.0701. The fourth-order valence-corrected chi connectivity index (χ4v) is 6.42. The van der Waals surface area contributed by atoms with Crippen LogP contribution in [0.15, 0.2) is 115 Å². The van der Waals surface area contributed by atoms with E-state index < -0.39 is 0 Å². The van der Waals surface area contributed by atoms with Crippen LogP contribution in [-0.2, 0) is 6.54 Å². The number of fused-ring (bicyclic) bond motifs is 5. The molecule has 0 N–H and O–H groups in total. The zero-order valence-electron chi connectivity index (χ0n) is 23.1. The predicted octanol–water partition coefficient (Wildman–Crippen LogP) is 7.38. The lowest BCUT2D eigenvalue weighted by molar-refractivity contribution is 0.103. The van der Waals surface area contributed by atoms with E-state index in [1.54, 1.807) is 4.52 Å². The molecule has 1 aliphatic rings. The zero-order chi connectivity index (χ0) is 28.0. The van der Waals surface area contributed by atoms with Gasteiger partial charge in [-0.05, 0) is 54.8 Å². The van der Waals surface area contributed by atoms with Gasteiger partial charge in [-0.2, -0.15) is 0 Å². The van der Waals surface area contributed by atoms with Crippen LogP contribution in [0, 0.1) is 0 Å². The van der Waals surface area contributed by atoms with Gasteiger partial charge in [-0.1, -0.05) is 84.1 Å². The van der Waals surface area contributed by atoms with Crippen molar-refractivity contribution in [2.75, 3.05) is 18.0 Å². The van der Waals surface area contributed by atoms with Gasteiger partial charge in [0, 0.05) is 52.7 Å². The molecule has 0 amide bonds. The van der Waals surface area contributed by atoms with Crippen LogP contribution >= 0.6 is 0 Å². The van der Waals surface area contributed by atoms with E-state index in [9.17, 15) is 4.79 Å². The molecule has 204 valence electrons. The first-order valence-electron chi connectivity index (χ1n) is 14.5. The highest BCUT2D eigenvalue weighted by molar-refractivity contribution is 6.18. The summed E-state index contributed by atoms with van der Waals surface area (Å²) < 4.78 is 4.09. The summed E-state index contributed by atoms with van der Waals surface area (Å²) >= 11 is 0. The smallest absolute Gasteiger partial charge is 0.211 e.